The summed E-state index contributed by atoms with van der Waals surface area (Å²) in [6.45, 7) is 0.513. The lowest BCUT2D eigenvalue weighted by Crippen LogP contribution is -2.55. The Labute approximate surface area is 201 Å². The van der Waals surface area contributed by atoms with E-state index in [1.807, 2.05) is 42.5 Å². The van der Waals surface area contributed by atoms with Gasteiger partial charge in [-0.1, -0.05) is 41.7 Å². The summed E-state index contributed by atoms with van der Waals surface area (Å²) in [4.78, 5) is 45.6. The molecular weight excluding hydrogens is 452 g/mol. The topological polar surface area (TPSA) is 121 Å². The second-order valence-electron chi connectivity index (χ2n) is 9.43. The number of hydrogen-bond acceptors (Lipinski definition) is 7. The van der Waals surface area contributed by atoms with E-state index in [4.69, 9.17) is 4.74 Å². The number of amides is 3. The zero-order valence-electron chi connectivity index (χ0n) is 19.2. The van der Waals surface area contributed by atoms with Crippen LogP contribution in [0, 0.1) is 11.8 Å². The van der Waals surface area contributed by atoms with E-state index < -0.39 is 29.6 Å². The van der Waals surface area contributed by atoms with Crippen LogP contribution in [-0.2, 0) is 25.8 Å². The van der Waals surface area contributed by atoms with Crippen molar-refractivity contribution in [3.63, 3.8) is 0 Å². The lowest BCUT2D eigenvalue weighted by Gasteiger charge is -2.35. The molecule has 35 heavy (non-hydrogen) atoms. The highest BCUT2D eigenvalue weighted by Crippen LogP contribution is 2.53. The number of likely N-dealkylation sites (N-methyl/N-ethyl adjacent to an activating group) is 1. The van der Waals surface area contributed by atoms with Crippen molar-refractivity contribution in [3.05, 3.63) is 48.6 Å². The number of likely N-dealkylation sites (tertiary alicyclic amines) is 1. The number of fused-ring (bicyclic) bond motifs is 3. The molecule has 5 heterocycles. The molecule has 11 heteroatoms. The van der Waals surface area contributed by atoms with Gasteiger partial charge in [-0.05, 0) is 12.1 Å². The monoisotopic (exact) mass is 478 g/mol. The van der Waals surface area contributed by atoms with Crippen molar-refractivity contribution in [2.45, 2.75) is 24.4 Å². The molecule has 3 amide bonds. The molecule has 1 N–H and O–H groups in total. The Bertz CT molecular complexity index is 1270. The van der Waals surface area contributed by atoms with Gasteiger partial charge in [0, 0.05) is 26.7 Å². The van der Waals surface area contributed by atoms with Crippen LogP contribution in [0.1, 0.15) is 0 Å². The Morgan fingerprint density at radius 2 is 1.94 bits per heavy atom. The highest BCUT2D eigenvalue weighted by molar-refractivity contribution is 5.99. The molecule has 2 fully saturated rings. The quantitative estimate of drug-likeness (QED) is 0.582. The van der Waals surface area contributed by atoms with Crippen LogP contribution in [0.5, 0.6) is 0 Å². The van der Waals surface area contributed by atoms with E-state index in [0.29, 0.717) is 12.1 Å². The van der Waals surface area contributed by atoms with Crippen LogP contribution in [-0.4, -0.2) is 104 Å². The fourth-order valence-corrected chi connectivity index (χ4v) is 5.97. The van der Waals surface area contributed by atoms with E-state index in [1.165, 1.54) is 4.90 Å². The van der Waals surface area contributed by atoms with Gasteiger partial charge >= 0.3 is 0 Å². The number of carbonyl (C=O) groups is 3. The number of aromatic nitrogens is 3. The number of nitrogens with zero attached hydrogens (tertiary/aromatic N) is 6. The molecule has 11 nitrogen and oxygen atoms in total. The molecule has 1 aromatic heterocycles. The molecular formula is C24H26N6O5. The van der Waals surface area contributed by atoms with Crippen molar-refractivity contribution >= 4 is 28.8 Å². The Balaban J connectivity index is 1.40. The van der Waals surface area contributed by atoms with Crippen molar-refractivity contribution in [1.82, 2.24) is 29.7 Å². The van der Waals surface area contributed by atoms with E-state index >= 15 is 0 Å². The zero-order valence-corrected chi connectivity index (χ0v) is 19.2. The number of ether oxygens (including phenoxy) is 1. The first kappa shape index (κ1) is 21.9. The lowest BCUT2D eigenvalue weighted by atomic mass is 9.77. The van der Waals surface area contributed by atoms with Crippen LogP contribution in [0.4, 0.5) is 0 Å². The van der Waals surface area contributed by atoms with Crippen molar-refractivity contribution in [2.75, 3.05) is 33.3 Å². The van der Waals surface area contributed by atoms with Crippen LogP contribution in [0.25, 0.3) is 11.0 Å². The fourth-order valence-electron chi connectivity index (χ4n) is 5.97. The van der Waals surface area contributed by atoms with Crippen molar-refractivity contribution in [2.24, 2.45) is 11.8 Å². The van der Waals surface area contributed by atoms with Crippen molar-refractivity contribution in [1.29, 1.82) is 0 Å². The third-order valence-electron chi connectivity index (χ3n) is 7.51. The molecule has 4 aliphatic heterocycles. The highest BCUT2D eigenvalue weighted by atomic mass is 16.5. The van der Waals surface area contributed by atoms with Gasteiger partial charge in [0.25, 0.3) is 5.91 Å². The number of rotatable bonds is 4. The maximum Gasteiger partial charge on any atom is 0.250 e. The van der Waals surface area contributed by atoms with Gasteiger partial charge in [-0.3, -0.25) is 14.4 Å². The summed E-state index contributed by atoms with van der Waals surface area (Å²) in [6.07, 6.45) is 6.68. The molecule has 1 unspecified atom stereocenters. The van der Waals surface area contributed by atoms with E-state index in [1.54, 1.807) is 27.6 Å². The van der Waals surface area contributed by atoms with Gasteiger partial charge in [0.15, 0.2) is 0 Å². The molecule has 1 aromatic carbocycles. The third-order valence-corrected chi connectivity index (χ3v) is 7.51. The first-order valence-corrected chi connectivity index (χ1v) is 11.7. The number of benzene rings is 1. The molecule has 0 saturated carbocycles. The van der Waals surface area contributed by atoms with E-state index in [9.17, 15) is 19.5 Å². The normalized spacial score (nSPS) is 32.2. The maximum absolute atomic E-state index is 14.0. The first-order chi connectivity index (χ1) is 17.0. The van der Waals surface area contributed by atoms with Crippen LogP contribution in [0.15, 0.2) is 48.6 Å². The molecule has 0 aliphatic carbocycles. The van der Waals surface area contributed by atoms with Crippen LogP contribution in [0.3, 0.4) is 0 Å². The van der Waals surface area contributed by atoms with Crippen LogP contribution >= 0.6 is 0 Å². The number of aliphatic hydroxyl groups is 1. The smallest absolute Gasteiger partial charge is 0.250 e. The first-order valence-electron chi connectivity index (χ1n) is 11.7. The largest absolute Gasteiger partial charge is 0.395 e. The average Bonchev–Trinajstić information content (AvgIpc) is 3.40. The molecule has 2 aromatic rings. The standard InChI is InChI=1S/C24H26N6O5/c1-27-10-4-8-17-18(21(27)32)19-22(33)29(12-13-31)20-23(34)28(11-5-9-24(19,20)35-17)14-30-16-7-3-2-6-15(16)25-26-30/h2-9,17-20,31H,10-14H2,1H3/t17-,18+,19+,20?,24+/m1/s1. The molecule has 6 rings (SSSR count). The van der Waals surface area contributed by atoms with E-state index in [2.05, 4.69) is 10.3 Å². The number of hydrogen-bond donors (Lipinski definition) is 1. The summed E-state index contributed by atoms with van der Waals surface area (Å²) in [6, 6.07) is 6.47. The summed E-state index contributed by atoms with van der Waals surface area (Å²) < 4.78 is 8.13. The minimum Gasteiger partial charge on any atom is -0.395 e. The minimum atomic E-state index is -1.30. The predicted molar refractivity (Wildman–Crippen MR) is 122 cm³/mol. The van der Waals surface area contributed by atoms with Crippen molar-refractivity contribution in [3.8, 4) is 0 Å². The van der Waals surface area contributed by atoms with Gasteiger partial charge in [-0.25, -0.2) is 4.68 Å². The maximum atomic E-state index is 14.0. The zero-order chi connectivity index (χ0) is 24.3. The predicted octanol–water partition coefficient (Wildman–Crippen LogP) is -0.611. The van der Waals surface area contributed by atoms with Gasteiger partial charge in [-0.2, -0.15) is 0 Å². The fraction of sp³-hybridized carbons (Fsp3) is 0.458. The van der Waals surface area contributed by atoms with Gasteiger partial charge in [0.1, 0.15) is 23.8 Å². The Morgan fingerprint density at radius 3 is 2.77 bits per heavy atom. The molecule has 2 saturated heterocycles. The highest BCUT2D eigenvalue weighted by Gasteiger charge is 2.71. The summed E-state index contributed by atoms with van der Waals surface area (Å²) in [5, 5.41) is 18.1. The number of aliphatic hydroxyl groups excluding tert-OH is 1. The molecule has 4 aliphatic rings. The summed E-state index contributed by atoms with van der Waals surface area (Å²) in [5.41, 5.74) is 0.207. The molecule has 0 bridgehead atoms. The Morgan fingerprint density at radius 1 is 1.11 bits per heavy atom. The second-order valence-corrected chi connectivity index (χ2v) is 9.43. The van der Waals surface area contributed by atoms with Gasteiger partial charge < -0.3 is 24.5 Å². The molecule has 1 spiro atoms. The lowest BCUT2D eigenvalue weighted by molar-refractivity contribution is -0.149. The summed E-state index contributed by atoms with van der Waals surface area (Å²) >= 11 is 0. The Hall–Kier alpha value is -3.57. The minimum absolute atomic E-state index is 0.0258. The van der Waals surface area contributed by atoms with Gasteiger partial charge in [-0.15, -0.1) is 5.10 Å². The van der Waals surface area contributed by atoms with Crippen molar-refractivity contribution < 1.29 is 24.2 Å². The van der Waals surface area contributed by atoms with Gasteiger partial charge in [0.05, 0.1) is 30.1 Å². The number of para-hydroxylation sites is 1. The molecule has 182 valence electrons. The van der Waals surface area contributed by atoms with Gasteiger partial charge in [0.2, 0.25) is 11.8 Å². The van der Waals surface area contributed by atoms with E-state index in [0.717, 1.165) is 5.52 Å². The Kier molecular flexibility index (Phi) is 5.01. The van der Waals surface area contributed by atoms with E-state index in [-0.39, 0.29) is 44.1 Å². The molecule has 0 radical (unpaired) electrons. The number of β-amino-alcohol motifs (C(OH)–C–C–N with tert-alkyl or cyclic N) is 1. The SMILES string of the molecule is CN1CC=C[C@H]2O[C@]34C=CCN(Cn5nnc6ccccc65)C(=O)C3N(CCO)C(=O)[C@@H]4[C@H]2C1=O. The summed E-state index contributed by atoms with van der Waals surface area (Å²) in [5.74, 6) is -2.44. The van der Waals surface area contributed by atoms with Crippen LogP contribution < -0.4 is 0 Å². The average molecular weight is 479 g/mol. The number of carbonyl (C=O) groups excluding carboxylic acids is 3. The van der Waals surface area contributed by atoms with Crippen LogP contribution in [0.2, 0.25) is 0 Å². The molecule has 5 atom stereocenters. The second kappa shape index (κ2) is 7.99. The summed E-state index contributed by atoms with van der Waals surface area (Å²) in [7, 11) is 1.70. The third kappa shape index (κ3) is 3.08.